The molecule has 0 saturated carbocycles. The van der Waals surface area contributed by atoms with Crippen LogP contribution in [-0.4, -0.2) is 0 Å². The van der Waals surface area contributed by atoms with Crippen molar-refractivity contribution in [1.82, 2.24) is 0 Å². The van der Waals surface area contributed by atoms with Gasteiger partial charge in [0.2, 0.25) is 0 Å². The molecular weight excluding hydrogens is 536 g/mol. The van der Waals surface area contributed by atoms with E-state index in [0.29, 0.717) is 0 Å². The fourth-order valence-electron chi connectivity index (χ4n) is 7.34. The molecule has 0 saturated heterocycles. The molecule has 2 heteroatoms. The number of fused-ring (bicyclic) bond motifs is 9. The van der Waals surface area contributed by atoms with Crippen molar-refractivity contribution in [2.75, 3.05) is 0 Å². The first-order chi connectivity index (χ1) is 20.2. The van der Waals surface area contributed by atoms with Crippen molar-refractivity contribution in [2.45, 2.75) is 5.41 Å². The predicted molar refractivity (Wildman–Crippen MR) is 177 cm³/mol. The summed E-state index contributed by atoms with van der Waals surface area (Å²) in [5, 5.41) is 8.39. The van der Waals surface area contributed by atoms with E-state index in [4.69, 9.17) is 11.6 Å². The molecule has 192 valence electrons. The third kappa shape index (κ3) is 3.11. The molecule has 0 bridgehead atoms. The molecule has 1 aromatic heterocycles. The van der Waals surface area contributed by atoms with Gasteiger partial charge in [0, 0.05) is 25.2 Å². The lowest BCUT2D eigenvalue weighted by Crippen LogP contribution is -2.29. The van der Waals surface area contributed by atoms with Gasteiger partial charge in [-0.3, -0.25) is 0 Å². The fraction of sp³-hybridized carbons (Fsp3) is 0.0256. The third-order valence-corrected chi connectivity index (χ3v) is 10.3. The van der Waals surface area contributed by atoms with E-state index in [0.717, 1.165) is 5.02 Å². The van der Waals surface area contributed by atoms with Gasteiger partial charge in [0.15, 0.2) is 0 Å². The number of thiophene rings is 1. The fourth-order valence-corrected chi connectivity index (χ4v) is 8.79. The van der Waals surface area contributed by atoms with Crippen LogP contribution in [0.4, 0.5) is 0 Å². The molecule has 0 N–H and O–H groups in total. The van der Waals surface area contributed by atoms with Crippen LogP contribution in [0.25, 0.3) is 52.8 Å². The molecule has 0 radical (unpaired) electrons. The highest BCUT2D eigenvalue weighted by atomic mass is 35.5. The lowest BCUT2D eigenvalue weighted by Gasteiger charge is -2.35. The molecule has 1 heterocycles. The molecule has 1 atom stereocenters. The predicted octanol–water partition coefficient (Wildman–Crippen LogP) is 11.4. The standard InChI is InChI=1S/C39H23ClS/c40-28-22-34(38-30-16-8-9-17-35(30)41-36(38)23-28)39(27-13-2-1-3-14-27)32-19-18-24-10-6-7-15-29(24)37(32)31-20-25-11-4-5-12-26(25)21-33(31)39/h1-23H. The molecule has 0 amide bonds. The summed E-state index contributed by atoms with van der Waals surface area (Å²) in [5.41, 5.74) is 7.19. The maximum absolute atomic E-state index is 7.03. The van der Waals surface area contributed by atoms with Gasteiger partial charge in [-0.2, -0.15) is 0 Å². The minimum Gasteiger partial charge on any atom is -0.135 e. The van der Waals surface area contributed by atoms with Crippen LogP contribution in [0.3, 0.4) is 0 Å². The zero-order chi connectivity index (χ0) is 27.1. The van der Waals surface area contributed by atoms with Gasteiger partial charge in [-0.1, -0.05) is 121 Å². The summed E-state index contributed by atoms with van der Waals surface area (Å²) < 4.78 is 2.50. The Bertz CT molecular complexity index is 2330. The Morgan fingerprint density at radius 2 is 1.17 bits per heavy atom. The Balaban J connectivity index is 1.57. The molecule has 9 rings (SSSR count). The normalized spacial score (nSPS) is 16.0. The second-order valence-electron chi connectivity index (χ2n) is 11.0. The molecule has 0 fully saturated rings. The number of hydrogen-bond donors (Lipinski definition) is 0. The van der Waals surface area contributed by atoms with Crippen LogP contribution in [0.2, 0.25) is 5.02 Å². The molecule has 7 aromatic carbocycles. The Morgan fingerprint density at radius 3 is 2.00 bits per heavy atom. The third-order valence-electron chi connectivity index (χ3n) is 8.95. The van der Waals surface area contributed by atoms with Gasteiger partial charge < -0.3 is 0 Å². The quantitative estimate of drug-likeness (QED) is 0.198. The molecular formula is C39H23ClS. The highest BCUT2D eigenvalue weighted by Crippen LogP contribution is 2.60. The van der Waals surface area contributed by atoms with Crippen molar-refractivity contribution in [3.8, 4) is 11.1 Å². The van der Waals surface area contributed by atoms with E-state index >= 15 is 0 Å². The van der Waals surface area contributed by atoms with Crippen molar-refractivity contribution in [3.63, 3.8) is 0 Å². The van der Waals surface area contributed by atoms with E-state index in [-0.39, 0.29) is 0 Å². The Labute approximate surface area is 247 Å². The van der Waals surface area contributed by atoms with Crippen molar-refractivity contribution in [3.05, 3.63) is 167 Å². The molecule has 1 aliphatic carbocycles. The molecule has 41 heavy (non-hydrogen) atoms. The summed E-state index contributed by atoms with van der Waals surface area (Å²) in [6.45, 7) is 0. The number of hydrogen-bond acceptors (Lipinski definition) is 1. The van der Waals surface area contributed by atoms with Crippen LogP contribution in [0, 0.1) is 0 Å². The van der Waals surface area contributed by atoms with Gasteiger partial charge >= 0.3 is 0 Å². The van der Waals surface area contributed by atoms with Gasteiger partial charge in [0.05, 0.1) is 5.41 Å². The Kier molecular flexibility index (Phi) is 4.85. The van der Waals surface area contributed by atoms with E-state index in [1.54, 1.807) is 0 Å². The minimum atomic E-state index is -0.549. The summed E-state index contributed by atoms with van der Waals surface area (Å²) in [5.74, 6) is 0. The highest BCUT2D eigenvalue weighted by molar-refractivity contribution is 7.25. The maximum Gasteiger partial charge on any atom is 0.0721 e. The number of rotatable bonds is 2. The average Bonchev–Trinajstić information content (AvgIpc) is 3.53. The minimum absolute atomic E-state index is 0.549. The lowest BCUT2D eigenvalue weighted by atomic mass is 9.66. The summed E-state index contributed by atoms with van der Waals surface area (Å²) in [6, 6.07) is 51.3. The first kappa shape index (κ1) is 23.3. The average molecular weight is 559 g/mol. The van der Waals surface area contributed by atoms with Crippen LogP contribution in [-0.2, 0) is 5.41 Å². The SMILES string of the molecule is Clc1cc(C2(c3ccccc3)c3cc4ccccc4cc3-c3c2ccc2ccccc32)c2c(c1)sc1ccccc12. The Morgan fingerprint density at radius 1 is 0.488 bits per heavy atom. The summed E-state index contributed by atoms with van der Waals surface area (Å²) >= 11 is 8.86. The van der Waals surface area contributed by atoms with E-state index in [1.165, 1.54) is 75.1 Å². The van der Waals surface area contributed by atoms with E-state index < -0.39 is 5.41 Å². The Hall–Kier alpha value is -4.43. The summed E-state index contributed by atoms with van der Waals surface area (Å²) in [4.78, 5) is 0. The molecule has 0 aliphatic heterocycles. The van der Waals surface area contributed by atoms with E-state index in [9.17, 15) is 0 Å². The van der Waals surface area contributed by atoms with Crippen LogP contribution >= 0.6 is 22.9 Å². The monoisotopic (exact) mass is 558 g/mol. The van der Waals surface area contributed by atoms with Crippen LogP contribution in [0.1, 0.15) is 22.3 Å². The molecule has 1 aliphatic rings. The van der Waals surface area contributed by atoms with Gasteiger partial charge in [-0.05, 0) is 85.3 Å². The first-order valence-corrected chi connectivity index (χ1v) is 15.2. The molecule has 0 spiro atoms. The molecule has 1 unspecified atom stereocenters. The zero-order valence-corrected chi connectivity index (χ0v) is 23.6. The largest absolute Gasteiger partial charge is 0.135 e. The van der Waals surface area contributed by atoms with Crippen LogP contribution < -0.4 is 0 Å². The zero-order valence-electron chi connectivity index (χ0n) is 22.1. The van der Waals surface area contributed by atoms with Crippen molar-refractivity contribution in [1.29, 1.82) is 0 Å². The number of benzene rings is 7. The topological polar surface area (TPSA) is 0 Å². The smallest absolute Gasteiger partial charge is 0.0721 e. The van der Waals surface area contributed by atoms with Gasteiger partial charge in [-0.25, -0.2) is 0 Å². The summed E-state index contributed by atoms with van der Waals surface area (Å²) in [6.07, 6.45) is 0. The van der Waals surface area contributed by atoms with Crippen molar-refractivity contribution >= 4 is 64.7 Å². The van der Waals surface area contributed by atoms with Gasteiger partial charge in [0.1, 0.15) is 0 Å². The second-order valence-corrected chi connectivity index (χ2v) is 12.5. The van der Waals surface area contributed by atoms with Gasteiger partial charge in [0.25, 0.3) is 0 Å². The lowest BCUT2D eigenvalue weighted by molar-refractivity contribution is 0.779. The van der Waals surface area contributed by atoms with E-state index in [1.807, 2.05) is 11.3 Å². The van der Waals surface area contributed by atoms with Crippen molar-refractivity contribution < 1.29 is 0 Å². The van der Waals surface area contributed by atoms with Crippen LogP contribution in [0.15, 0.2) is 140 Å². The van der Waals surface area contributed by atoms with Crippen LogP contribution in [0.5, 0.6) is 0 Å². The summed E-state index contributed by atoms with van der Waals surface area (Å²) in [7, 11) is 0. The molecule has 0 nitrogen and oxygen atoms in total. The second kappa shape index (κ2) is 8.54. The maximum atomic E-state index is 7.03. The first-order valence-electron chi connectivity index (χ1n) is 14.0. The van der Waals surface area contributed by atoms with Gasteiger partial charge in [-0.15, -0.1) is 11.3 Å². The number of halogens is 1. The highest BCUT2D eigenvalue weighted by Gasteiger charge is 2.48. The van der Waals surface area contributed by atoms with E-state index in [2.05, 4.69) is 140 Å². The van der Waals surface area contributed by atoms with Crippen molar-refractivity contribution in [2.24, 2.45) is 0 Å². The molecule has 8 aromatic rings.